The van der Waals surface area contributed by atoms with E-state index in [9.17, 15) is 10.1 Å². The fraction of sp³-hybridized carbons (Fsp3) is 0.158. The highest BCUT2D eigenvalue weighted by Gasteiger charge is 2.19. The third-order valence-corrected chi connectivity index (χ3v) is 4.09. The van der Waals surface area contributed by atoms with Gasteiger partial charge in [-0.15, -0.1) is 0 Å². The quantitative estimate of drug-likeness (QED) is 0.634. The number of hydrogen-bond acceptors (Lipinski definition) is 6. The van der Waals surface area contributed by atoms with Crippen LogP contribution in [0.4, 0.5) is 5.82 Å². The Bertz CT molecular complexity index is 1050. The van der Waals surface area contributed by atoms with E-state index in [0.29, 0.717) is 22.6 Å². The fourth-order valence-corrected chi connectivity index (χ4v) is 2.92. The zero-order valence-electron chi connectivity index (χ0n) is 14.9. The number of hydrogen-bond donors (Lipinski definition) is 3. The van der Waals surface area contributed by atoms with Gasteiger partial charge < -0.3 is 16.2 Å². The molecular weight excluding hydrogens is 344 g/mol. The number of benzene rings is 1. The maximum absolute atomic E-state index is 11.1. The zero-order chi connectivity index (χ0) is 19.6. The number of pyridine rings is 1. The third kappa shape index (κ3) is 3.43. The number of aromatic nitrogens is 3. The van der Waals surface area contributed by atoms with Crippen LogP contribution >= 0.6 is 0 Å². The number of primary amides is 1. The SMILES string of the molecule is Cc1n[nH]c(C)c1-c1cc(-c2ccccc2OCC(N)=O)nc(N)c1C#N. The number of nitrogens with zero attached hydrogens (tertiary/aromatic N) is 3. The van der Waals surface area contributed by atoms with Crippen molar-refractivity contribution in [3.05, 3.63) is 47.3 Å². The molecule has 136 valence electrons. The average molecular weight is 362 g/mol. The summed E-state index contributed by atoms with van der Waals surface area (Å²) in [4.78, 5) is 15.4. The van der Waals surface area contributed by atoms with Crippen LogP contribution in [0.2, 0.25) is 0 Å². The molecule has 0 radical (unpaired) electrons. The first-order chi connectivity index (χ1) is 12.9. The first-order valence-electron chi connectivity index (χ1n) is 8.15. The third-order valence-electron chi connectivity index (χ3n) is 4.09. The van der Waals surface area contributed by atoms with Gasteiger partial charge in [-0.1, -0.05) is 12.1 Å². The number of anilines is 1. The number of H-pyrrole nitrogens is 1. The minimum Gasteiger partial charge on any atom is -0.483 e. The number of nitrogens with one attached hydrogen (secondary N) is 1. The largest absolute Gasteiger partial charge is 0.483 e. The number of aromatic amines is 1. The van der Waals surface area contributed by atoms with Crippen molar-refractivity contribution in [2.45, 2.75) is 13.8 Å². The lowest BCUT2D eigenvalue weighted by Gasteiger charge is -2.13. The molecule has 0 saturated carbocycles. The number of aryl methyl sites for hydroxylation is 2. The molecule has 0 aliphatic heterocycles. The summed E-state index contributed by atoms with van der Waals surface area (Å²) >= 11 is 0. The number of rotatable bonds is 5. The molecule has 0 fully saturated rings. The Balaban J connectivity index is 2.20. The monoisotopic (exact) mass is 362 g/mol. The van der Waals surface area contributed by atoms with Gasteiger partial charge in [0.05, 0.1) is 11.4 Å². The van der Waals surface area contributed by atoms with Crippen LogP contribution in [0.15, 0.2) is 30.3 Å². The Morgan fingerprint density at radius 3 is 2.67 bits per heavy atom. The minimum absolute atomic E-state index is 0.106. The van der Waals surface area contributed by atoms with Crippen LogP contribution in [0, 0.1) is 25.2 Å². The molecule has 2 heterocycles. The minimum atomic E-state index is -0.581. The molecule has 2 aromatic heterocycles. The van der Waals surface area contributed by atoms with Crippen LogP contribution in [0.3, 0.4) is 0 Å². The van der Waals surface area contributed by atoms with E-state index >= 15 is 0 Å². The number of para-hydroxylation sites is 1. The Hall–Kier alpha value is -3.86. The van der Waals surface area contributed by atoms with Gasteiger partial charge in [0.25, 0.3) is 5.91 Å². The second-order valence-corrected chi connectivity index (χ2v) is 5.99. The highest BCUT2D eigenvalue weighted by atomic mass is 16.5. The van der Waals surface area contributed by atoms with Crippen molar-refractivity contribution in [3.63, 3.8) is 0 Å². The Morgan fingerprint density at radius 1 is 1.30 bits per heavy atom. The van der Waals surface area contributed by atoms with E-state index in [0.717, 1.165) is 17.0 Å². The Kier molecular flexibility index (Phi) is 4.77. The van der Waals surface area contributed by atoms with Gasteiger partial charge in [0.1, 0.15) is 23.2 Å². The summed E-state index contributed by atoms with van der Waals surface area (Å²) in [6.45, 7) is 3.46. The molecule has 5 N–H and O–H groups in total. The van der Waals surface area contributed by atoms with Crippen LogP contribution < -0.4 is 16.2 Å². The topological polar surface area (TPSA) is 144 Å². The molecule has 27 heavy (non-hydrogen) atoms. The van der Waals surface area contributed by atoms with Crippen LogP contribution in [0.25, 0.3) is 22.4 Å². The van der Waals surface area contributed by atoms with Crippen molar-refractivity contribution in [1.29, 1.82) is 5.26 Å². The maximum atomic E-state index is 11.1. The highest BCUT2D eigenvalue weighted by Crippen LogP contribution is 2.36. The van der Waals surface area contributed by atoms with Crippen molar-refractivity contribution >= 4 is 11.7 Å². The van der Waals surface area contributed by atoms with E-state index in [1.807, 2.05) is 19.9 Å². The number of amides is 1. The molecule has 8 nitrogen and oxygen atoms in total. The lowest BCUT2D eigenvalue weighted by molar-refractivity contribution is -0.119. The summed E-state index contributed by atoms with van der Waals surface area (Å²) in [7, 11) is 0. The molecule has 0 aliphatic carbocycles. The summed E-state index contributed by atoms with van der Waals surface area (Å²) in [5.74, 6) is -0.0309. The Labute approximate surface area is 155 Å². The normalized spacial score (nSPS) is 10.4. The van der Waals surface area contributed by atoms with Gasteiger partial charge in [0.15, 0.2) is 6.61 Å². The molecule has 1 aromatic carbocycles. The second kappa shape index (κ2) is 7.17. The van der Waals surface area contributed by atoms with E-state index < -0.39 is 5.91 Å². The summed E-state index contributed by atoms with van der Waals surface area (Å²) in [6.07, 6.45) is 0. The number of carbonyl (C=O) groups excluding carboxylic acids is 1. The van der Waals surface area contributed by atoms with Gasteiger partial charge in [-0.2, -0.15) is 10.4 Å². The number of nitrogens with two attached hydrogens (primary N) is 2. The molecule has 0 spiro atoms. The predicted molar refractivity (Wildman–Crippen MR) is 101 cm³/mol. The van der Waals surface area contributed by atoms with Crippen molar-refractivity contribution < 1.29 is 9.53 Å². The maximum Gasteiger partial charge on any atom is 0.255 e. The van der Waals surface area contributed by atoms with Gasteiger partial charge in [-0.25, -0.2) is 4.98 Å². The standard InChI is InChI=1S/C19H18N6O2/c1-10-18(11(2)25-24-10)13-7-15(23-19(22)14(13)8-20)12-5-3-4-6-16(12)27-9-17(21)26/h3-7H,9H2,1-2H3,(H2,21,26)(H2,22,23)(H,24,25). The molecule has 0 atom stereocenters. The van der Waals surface area contributed by atoms with Crippen LogP contribution in [-0.4, -0.2) is 27.7 Å². The predicted octanol–water partition coefficient (Wildman–Crippen LogP) is 2.07. The van der Waals surface area contributed by atoms with E-state index in [2.05, 4.69) is 21.3 Å². The lowest BCUT2D eigenvalue weighted by atomic mass is 9.97. The second-order valence-electron chi connectivity index (χ2n) is 5.99. The van der Waals surface area contributed by atoms with Crippen LogP contribution in [-0.2, 0) is 4.79 Å². The summed E-state index contributed by atoms with van der Waals surface area (Å²) in [5, 5.41) is 16.7. The van der Waals surface area contributed by atoms with Gasteiger partial charge in [-0.3, -0.25) is 9.89 Å². The molecule has 0 bridgehead atoms. The van der Waals surface area contributed by atoms with Crippen molar-refractivity contribution in [1.82, 2.24) is 15.2 Å². The average Bonchev–Trinajstić information content (AvgIpc) is 2.97. The summed E-state index contributed by atoms with van der Waals surface area (Å²) in [6, 6.07) is 11.0. The van der Waals surface area contributed by atoms with Gasteiger partial charge in [0, 0.05) is 22.4 Å². The first kappa shape index (κ1) is 17.9. The molecular formula is C19H18N6O2. The highest BCUT2D eigenvalue weighted by molar-refractivity contribution is 5.83. The van der Waals surface area contributed by atoms with Crippen LogP contribution in [0.1, 0.15) is 17.0 Å². The van der Waals surface area contributed by atoms with E-state index in [1.165, 1.54) is 0 Å². The molecule has 0 saturated heterocycles. The van der Waals surface area contributed by atoms with Crippen molar-refractivity contribution in [2.24, 2.45) is 5.73 Å². The Morgan fingerprint density at radius 2 is 2.04 bits per heavy atom. The zero-order valence-corrected chi connectivity index (χ0v) is 14.9. The fourth-order valence-electron chi connectivity index (χ4n) is 2.92. The molecule has 1 amide bonds. The number of ether oxygens (including phenoxy) is 1. The van der Waals surface area contributed by atoms with Crippen molar-refractivity contribution in [3.8, 4) is 34.2 Å². The number of nitriles is 1. The van der Waals surface area contributed by atoms with E-state index in [1.54, 1.807) is 24.3 Å². The number of carbonyl (C=O) groups is 1. The smallest absolute Gasteiger partial charge is 0.255 e. The van der Waals surface area contributed by atoms with Crippen molar-refractivity contribution in [2.75, 3.05) is 12.3 Å². The molecule has 0 aliphatic rings. The molecule has 3 aromatic rings. The van der Waals surface area contributed by atoms with Gasteiger partial charge in [-0.05, 0) is 32.0 Å². The van der Waals surface area contributed by atoms with Gasteiger partial charge >= 0.3 is 0 Å². The summed E-state index contributed by atoms with van der Waals surface area (Å²) in [5.41, 5.74) is 15.7. The lowest BCUT2D eigenvalue weighted by Crippen LogP contribution is -2.20. The van der Waals surface area contributed by atoms with E-state index in [-0.39, 0.29) is 18.0 Å². The molecule has 3 rings (SSSR count). The molecule has 0 unspecified atom stereocenters. The number of nitrogen functional groups attached to an aromatic ring is 1. The van der Waals surface area contributed by atoms with Crippen LogP contribution in [0.5, 0.6) is 5.75 Å². The van der Waals surface area contributed by atoms with Gasteiger partial charge in [0.2, 0.25) is 0 Å². The van der Waals surface area contributed by atoms with E-state index in [4.69, 9.17) is 16.2 Å². The first-order valence-corrected chi connectivity index (χ1v) is 8.15. The summed E-state index contributed by atoms with van der Waals surface area (Å²) < 4.78 is 5.49. The molecule has 8 heteroatoms.